The molecule has 0 aliphatic carbocycles. The molecule has 3 heteroatoms. The summed E-state index contributed by atoms with van der Waals surface area (Å²) >= 11 is 3.52. The largest absolute Gasteiger partial charge is 0.306 e. The van der Waals surface area contributed by atoms with Crippen molar-refractivity contribution in [1.29, 1.82) is 0 Å². The van der Waals surface area contributed by atoms with E-state index in [-0.39, 0.29) is 11.9 Å². The number of aryl methyl sites for hydroxylation is 1. The van der Waals surface area contributed by atoms with Gasteiger partial charge in [0.25, 0.3) is 0 Å². The molecule has 0 aliphatic rings. The molecule has 1 N–H and O–H groups in total. The Hall–Kier alpha value is -1.19. The average Bonchev–Trinajstić information content (AvgIpc) is 2.40. The van der Waals surface area contributed by atoms with Gasteiger partial charge in [0.15, 0.2) is 0 Å². The van der Waals surface area contributed by atoms with Crippen LogP contribution >= 0.6 is 15.9 Å². The Morgan fingerprint density at radius 1 is 1.21 bits per heavy atom. The number of halogens is 2. The maximum absolute atomic E-state index is 13.5. The predicted molar refractivity (Wildman–Crippen MR) is 80.5 cm³/mol. The second-order valence-corrected chi connectivity index (χ2v) is 5.56. The topological polar surface area (TPSA) is 12.0 Å². The van der Waals surface area contributed by atoms with E-state index in [0.717, 1.165) is 16.6 Å². The summed E-state index contributed by atoms with van der Waals surface area (Å²) in [6.45, 7) is 4.57. The molecule has 100 valence electrons. The van der Waals surface area contributed by atoms with Gasteiger partial charge in [0, 0.05) is 17.1 Å². The highest BCUT2D eigenvalue weighted by Crippen LogP contribution is 2.19. The average molecular weight is 322 g/mol. The highest BCUT2D eigenvalue weighted by molar-refractivity contribution is 9.10. The second-order valence-electron chi connectivity index (χ2n) is 4.70. The van der Waals surface area contributed by atoms with Crippen LogP contribution in [0.15, 0.2) is 46.9 Å². The summed E-state index contributed by atoms with van der Waals surface area (Å²) in [7, 11) is 0. The molecule has 0 aliphatic heterocycles. The molecule has 2 rings (SSSR count). The molecule has 1 atom stereocenters. The zero-order valence-corrected chi connectivity index (χ0v) is 12.7. The van der Waals surface area contributed by atoms with Crippen LogP contribution in [0, 0.1) is 12.7 Å². The number of rotatable bonds is 4. The van der Waals surface area contributed by atoms with Crippen molar-refractivity contribution < 1.29 is 4.39 Å². The number of hydrogen-bond acceptors (Lipinski definition) is 1. The van der Waals surface area contributed by atoms with Crippen molar-refractivity contribution in [1.82, 2.24) is 5.32 Å². The molecule has 0 heterocycles. The zero-order valence-electron chi connectivity index (χ0n) is 11.1. The smallest absolute Gasteiger partial charge is 0.126 e. The first-order chi connectivity index (χ1) is 9.08. The van der Waals surface area contributed by atoms with Crippen molar-refractivity contribution in [2.24, 2.45) is 0 Å². The van der Waals surface area contributed by atoms with Gasteiger partial charge >= 0.3 is 0 Å². The summed E-state index contributed by atoms with van der Waals surface area (Å²) in [6.07, 6.45) is 0. The van der Waals surface area contributed by atoms with Crippen LogP contribution in [-0.4, -0.2) is 0 Å². The first-order valence-electron chi connectivity index (χ1n) is 6.31. The van der Waals surface area contributed by atoms with Gasteiger partial charge in [0.1, 0.15) is 5.82 Å². The summed E-state index contributed by atoms with van der Waals surface area (Å²) in [5, 5.41) is 3.41. The van der Waals surface area contributed by atoms with Crippen LogP contribution in [0.25, 0.3) is 0 Å². The van der Waals surface area contributed by atoms with E-state index in [0.29, 0.717) is 5.56 Å². The van der Waals surface area contributed by atoms with Crippen molar-refractivity contribution in [3.8, 4) is 0 Å². The third-order valence-electron chi connectivity index (χ3n) is 3.25. The molecular weight excluding hydrogens is 305 g/mol. The molecule has 1 unspecified atom stereocenters. The van der Waals surface area contributed by atoms with E-state index in [1.54, 1.807) is 13.0 Å². The molecule has 0 fully saturated rings. The predicted octanol–water partition coefficient (Wildman–Crippen LogP) is 4.75. The minimum atomic E-state index is -0.146. The lowest BCUT2D eigenvalue weighted by molar-refractivity contribution is 0.562. The van der Waals surface area contributed by atoms with Gasteiger partial charge in [-0.25, -0.2) is 4.39 Å². The van der Waals surface area contributed by atoms with Gasteiger partial charge in [-0.05, 0) is 42.7 Å². The lowest BCUT2D eigenvalue weighted by atomic mass is 10.1. The standard InChI is InChI=1S/C16H17BrFN/c1-11-7-8-13(9-16(11)18)12(2)19-10-14-5-3-4-6-15(14)17/h3-9,12,19H,10H2,1-2H3. The highest BCUT2D eigenvalue weighted by atomic mass is 79.9. The molecule has 0 saturated heterocycles. The Kier molecular flexibility index (Phi) is 4.72. The number of benzene rings is 2. The lowest BCUT2D eigenvalue weighted by Gasteiger charge is -2.15. The maximum atomic E-state index is 13.5. The summed E-state index contributed by atoms with van der Waals surface area (Å²) in [6, 6.07) is 13.6. The van der Waals surface area contributed by atoms with E-state index in [1.165, 1.54) is 5.56 Å². The van der Waals surface area contributed by atoms with Crippen LogP contribution < -0.4 is 5.32 Å². The van der Waals surface area contributed by atoms with Gasteiger partial charge in [-0.2, -0.15) is 0 Å². The molecular formula is C16H17BrFN. The molecule has 2 aromatic carbocycles. The Morgan fingerprint density at radius 2 is 1.95 bits per heavy atom. The van der Waals surface area contributed by atoms with Crippen molar-refractivity contribution in [2.75, 3.05) is 0 Å². The summed E-state index contributed by atoms with van der Waals surface area (Å²) in [5.41, 5.74) is 2.85. The van der Waals surface area contributed by atoms with Crippen LogP contribution in [0.4, 0.5) is 4.39 Å². The maximum Gasteiger partial charge on any atom is 0.126 e. The molecule has 0 aromatic heterocycles. The fraction of sp³-hybridized carbons (Fsp3) is 0.250. The second kappa shape index (κ2) is 6.31. The quantitative estimate of drug-likeness (QED) is 0.857. The summed E-state index contributed by atoms with van der Waals surface area (Å²) < 4.78 is 14.6. The van der Waals surface area contributed by atoms with E-state index in [2.05, 4.69) is 27.3 Å². The van der Waals surface area contributed by atoms with Crippen LogP contribution in [0.3, 0.4) is 0 Å². The Balaban J connectivity index is 2.03. The van der Waals surface area contributed by atoms with Gasteiger partial charge < -0.3 is 5.32 Å². The van der Waals surface area contributed by atoms with E-state index in [1.807, 2.05) is 37.3 Å². The van der Waals surface area contributed by atoms with Crippen molar-refractivity contribution >= 4 is 15.9 Å². The Bertz CT molecular complexity index is 568. The minimum Gasteiger partial charge on any atom is -0.306 e. The zero-order chi connectivity index (χ0) is 13.8. The summed E-state index contributed by atoms with van der Waals surface area (Å²) in [5.74, 6) is -0.146. The molecule has 2 aromatic rings. The monoisotopic (exact) mass is 321 g/mol. The van der Waals surface area contributed by atoms with Crippen LogP contribution in [0.1, 0.15) is 29.7 Å². The van der Waals surface area contributed by atoms with E-state index in [4.69, 9.17) is 0 Å². The van der Waals surface area contributed by atoms with Gasteiger partial charge in [-0.15, -0.1) is 0 Å². The van der Waals surface area contributed by atoms with Crippen molar-refractivity contribution in [2.45, 2.75) is 26.4 Å². The molecule has 1 nitrogen and oxygen atoms in total. The van der Waals surface area contributed by atoms with Crippen LogP contribution in [-0.2, 0) is 6.54 Å². The Morgan fingerprint density at radius 3 is 2.63 bits per heavy atom. The fourth-order valence-corrected chi connectivity index (χ4v) is 2.33. The first kappa shape index (κ1) is 14.2. The molecule has 0 amide bonds. The van der Waals surface area contributed by atoms with E-state index < -0.39 is 0 Å². The van der Waals surface area contributed by atoms with Gasteiger partial charge in [-0.3, -0.25) is 0 Å². The SMILES string of the molecule is Cc1ccc(C(C)NCc2ccccc2Br)cc1F. The van der Waals surface area contributed by atoms with E-state index in [9.17, 15) is 4.39 Å². The lowest BCUT2D eigenvalue weighted by Crippen LogP contribution is -2.18. The van der Waals surface area contributed by atoms with Gasteiger partial charge in [0.2, 0.25) is 0 Å². The molecule has 19 heavy (non-hydrogen) atoms. The first-order valence-corrected chi connectivity index (χ1v) is 7.10. The van der Waals surface area contributed by atoms with Crippen molar-refractivity contribution in [3.63, 3.8) is 0 Å². The van der Waals surface area contributed by atoms with Crippen LogP contribution in [0.5, 0.6) is 0 Å². The third-order valence-corrected chi connectivity index (χ3v) is 4.03. The van der Waals surface area contributed by atoms with Gasteiger partial charge in [0.05, 0.1) is 0 Å². The van der Waals surface area contributed by atoms with Crippen LogP contribution in [0.2, 0.25) is 0 Å². The highest BCUT2D eigenvalue weighted by Gasteiger charge is 2.08. The normalized spacial score (nSPS) is 12.4. The molecule has 0 bridgehead atoms. The fourth-order valence-electron chi connectivity index (χ4n) is 1.90. The minimum absolute atomic E-state index is 0.113. The van der Waals surface area contributed by atoms with E-state index >= 15 is 0 Å². The molecule has 0 radical (unpaired) electrons. The Labute approximate surface area is 122 Å². The van der Waals surface area contributed by atoms with Crippen molar-refractivity contribution in [3.05, 3.63) is 69.4 Å². The summed E-state index contributed by atoms with van der Waals surface area (Å²) in [4.78, 5) is 0. The molecule has 0 spiro atoms. The number of nitrogens with one attached hydrogen (secondary N) is 1. The van der Waals surface area contributed by atoms with Gasteiger partial charge in [-0.1, -0.05) is 46.3 Å². The number of hydrogen-bond donors (Lipinski definition) is 1. The third kappa shape index (κ3) is 3.64. The molecule has 0 saturated carbocycles.